The first kappa shape index (κ1) is 26.3. The summed E-state index contributed by atoms with van der Waals surface area (Å²) < 4.78 is 76.7. The lowest BCUT2D eigenvalue weighted by atomic mass is 9.96. The molecule has 0 amide bonds. The molecular weight excluding hydrogens is 482 g/mol. The van der Waals surface area contributed by atoms with E-state index < -0.39 is 23.5 Å². The number of halogens is 6. The van der Waals surface area contributed by atoms with Crippen LogP contribution in [0.25, 0.3) is 22.3 Å². The van der Waals surface area contributed by atoms with Crippen molar-refractivity contribution in [1.82, 2.24) is 0 Å². The maximum atomic E-state index is 13.0. The smallest absolute Gasteiger partial charge is 0.398 e. The van der Waals surface area contributed by atoms with E-state index in [1.165, 1.54) is 30.3 Å². The molecule has 36 heavy (non-hydrogen) atoms. The van der Waals surface area contributed by atoms with Crippen molar-refractivity contribution in [3.05, 3.63) is 96.1 Å². The summed E-state index contributed by atoms with van der Waals surface area (Å²) in [5.74, 6) is 0. The number of hydrogen-bond acceptors (Lipinski definition) is 4. The average molecular weight is 504 g/mol. The first-order valence-corrected chi connectivity index (χ1v) is 10.4. The highest BCUT2D eigenvalue weighted by atomic mass is 19.4. The minimum Gasteiger partial charge on any atom is -0.398 e. The largest absolute Gasteiger partial charge is 0.418 e. The Bertz CT molecular complexity index is 1360. The van der Waals surface area contributed by atoms with Gasteiger partial charge in [0.05, 0.1) is 11.1 Å². The van der Waals surface area contributed by atoms with E-state index in [-0.39, 0.29) is 22.6 Å². The minimum absolute atomic E-state index is 0.000556. The van der Waals surface area contributed by atoms with Crippen molar-refractivity contribution in [3.8, 4) is 22.3 Å². The van der Waals surface area contributed by atoms with E-state index in [4.69, 9.17) is 22.9 Å². The van der Waals surface area contributed by atoms with E-state index in [1.54, 1.807) is 48.5 Å². The van der Waals surface area contributed by atoms with Gasteiger partial charge in [0.25, 0.3) is 0 Å². The molecule has 4 nitrogen and oxygen atoms in total. The molecule has 0 atom stereocenters. The van der Waals surface area contributed by atoms with Gasteiger partial charge in [0, 0.05) is 33.9 Å². The van der Waals surface area contributed by atoms with Crippen LogP contribution < -0.4 is 22.9 Å². The SMILES string of the molecule is Nc1ccccc1-c1ccc(C(F)(F)F)c(N)c1.Nc1ccccc1-c1cccc(N)c1C(F)(F)F. The second kappa shape index (κ2) is 10.1. The van der Waals surface area contributed by atoms with Gasteiger partial charge >= 0.3 is 12.4 Å². The molecule has 0 aliphatic heterocycles. The Morgan fingerprint density at radius 3 is 1.44 bits per heavy atom. The van der Waals surface area contributed by atoms with Crippen LogP contribution in [0.5, 0.6) is 0 Å². The first-order chi connectivity index (χ1) is 16.8. The number of anilines is 4. The summed E-state index contributed by atoms with van der Waals surface area (Å²) in [6, 6.07) is 21.0. The van der Waals surface area contributed by atoms with Crippen LogP contribution in [-0.2, 0) is 12.4 Å². The van der Waals surface area contributed by atoms with E-state index in [0.717, 1.165) is 6.07 Å². The third-order valence-electron chi connectivity index (χ3n) is 5.26. The summed E-state index contributed by atoms with van der Waals surface area (Å²) in [4.78, 5) is 0. The molecule has 0 radical (unpaired) electrons. The zero-order chi connectivity index (χ0) is 26.7. The van der Waals surface area contributed by atoms with Crippen molar-refractivity contribution < 1.29 is 26.3 Å². The lowest BCUT2D eigenvalue weighted by molar-refractivity contribution is -0.137. The van der Waals surface area contributed by atoms with Crippen molar-refractivity contribution in [1.29, 1.82) is 0 Å². The maximum absolute atomic E-state index is 13.0. The Kier molecular flexibility index (Phi) is 7.37. The van der Waals surface area contributed by atoms with Crippen LogP contribution in [0, 0.1) is 0 Å². The summed E-state index contributed by atoms with van der Waals surface area (Å²) in [6.07, 6.45) is -8.95. The molecule has 4 rings (SSSR count). The molecule has 4 aromatic rings. The van der Waals surface area contributed by atoms with Crippen molar-refractivity contribution in [3.63, 3.8) is 0 Å². The molecule has 4 aromatic carbocycles. The first-order valence-electron chi connectivity index (χ1n) is 10.4. The Hall–Kier alpha value is -4.34. The molecular formula is C26H22F6N4. The standard InChI is InChI=1S/2C13H11F3N2/c14-13(15,16)12-9(5-3-7-11(12)18)8-4-1-2-6-10(8)17;14-13(15,16)10-6-5-8(7-12(10)18)9-3-1-2-4-11(9)17/h2*1-7H,17-18H2. The highest BCUT2D eigenvalue weighted by molar-refractivity contribution is 5.82. The average Bonchev–Trinajstić information content (AvgIpc) is 2.78. The molecule has 0 aliphatic rings. The Balaban J connectivity index is 0.000000201. The highest BCUT2D eigenvalue weighted by Crippen LogP contribution is 2.42. The molecule has 10 heteroatoms. The van der Waals surface area contributed by atoms with Crippen LogP contribution in [0.2, 0.25) is 0 Å². The van der Waals surface area contributed by atoms with E-state index >= 15 is 0 Å². The van der Waals surface area contributed by atoms with Crippen molar-refractivity contribution in [2.24, 2.45) is 0 Å². The number of rotatable bonds is 2. The van der Waals surface area contributed by atoms with Gasteiger partial charge in [-0.15, -0.1) is 0 Å². The Labute approximate surface area is 203 Å². The van der Waals surface area contributed by atoms with Gasteiger partial charge in [0.1, 0.15) is 0 Å². The second-order valence-corrected chi connectivity index (χ2v) is 7.74. The van der Waals surface area contributed by atoms with Gasteiger partial charge in [-0.25, -0.2) is 0 Å². The lowest BCUT2D eigenvalue weighted by Gasteiger charge is -2.16. The van der Waals surface area contributed by atoms with Gasteiger partial charge < -0.3 is 22.9 Å². The molecule has 0 unspecified atom stereocenters. The normalized spacial score (nSPS) is 11.5. The zero-order valence-corrected chi connectivity index (χ0v) is 18.7. The third-order valence-corrected chi connectivity index (χ3v) is 5.26. The quantitative estimate of drug-likeness (QED) is 0.173. The van der Waals surface area contributed by atoms with Gasteiger partial charge in [-0.1, -0.05) is 54.6 Å². The third kappa shape index (κ3) is 5.83. The molecule has 0 spiro atoms. The van der Waals surface area contributed by atoms with E-state index in [1.807, 2.05) is 0 Å². The van der Waals surface area contributed by atoms with E-state index in [9.17, 15) is 26.3 Å². The van der Waals surface area contributed by atoms with Crippen LogP contribution in [0.15, 0.2) is 84.9 Å². The van der Waals surface area contributed by atoms with E-state index in [2.05, 4.69) is 0 Å². The van der Waals surface area contributed by atoms with Crippen molar-refractivity contribution in [2.75, 3.05) is 22.9 Å². The molecule has 0 bridgehead atoms. The van der Waals surface area contributed by atoms with E-state index in [0.29, 0.717) is 22.4 Å². The number of nitrogens with two attached hydrogens (primary N) is 4. The summed E-state index contributed by atoms with van der Waals surface area (Å²) in [7, 11) is 0. The fraction of sp³-hybridized carbons (Fsp3) is 0.0769. The zero-order valence-electron chi connectivity index (χ0n) is 18.7. The molecule has 0 saturated heterocycles. The highest BCUT2D eigenvalue weighted by Gasteiger charge is 2.36. The summed E-state index contributed by atoms with van der Waals surface area (Å²) in [5, 5.41) is 0. The maximum Gasteiger partial charge on any atom is 0.418 e. The minimum atomic E-state index is -4.51. The van der Waals surface area contributed by atoms with Gasteiger partial charge in [-0.2, -0.15) is 26.3 Å². The molecule has 188 valence electrons. The van der Waals surface area contributed by atoms with Crippen LogP contribution in [0.1, 0.15) is 11.1 Å². The summed E-state index contributed by atoms with van der Waals surface area (Å²) in [5.41, 5.74) is 22.4. The summed E-state index contributed by atoms with van der Waals surface area (Å²) >= 11 is 0. The monoisotopic (exact) mass is 504 g/mol. The van der Waals surface area contributed by atoms with Crippen molar-refractivity contribution >= 4 is 22.7 Å². The molecule has 8 N–H and O–H groups in total. The predicted molar refractivity (Wildman–Crippen MR) is 131 cm³/mol. The number of hydrogen-bond donors (Lipinski definition) is 4. The number of benzene rings is 4. The fourth-order valence-electron chi connectivity index (χ4n) is 3.60. The fourth-order valence-corrected chi connectivity index (χ4v) is 3.60. The number of alkyl halides is 6. The van der Waals surface area contributed by atoms with Crippen LogP contribution >= 0.6 is 0 Å². The molecule has 0 heterocycles. The lowest BCUT2D eigenvalue weighted by Crippen LogP contribution is -2.11. The molecule has 0 fully saturated rings. The topological polar surface area (TPSA) is 104 Å². The number of nitrogen functional groups attached to an aromatic ring is 4. The molecule has 0 saturated carbocycles. The predicted octanol–water partition coefficient (Wildman–Crippen LogP) is 7.07. The Morgan fingerprint density at radius 2 is 0.944 bits per heavy atom. The van der Waals surface area contributed by atoms with Crippen LogP contribution in [-0.4, -0.2) is 0 Å². The molecule has 0 aliphatic carbocycles. The second-order valence-electron chi connectivity index (χ2n) is 7.74. The van der Waals surface area contributed by atoms with Crippen molar-refractivity contribution in [2.45, 2.75) is 12.4 Å². The Morgan fingerprint density at radius 1 is 0.444 bits per heavy atom. The molecule has 0 aromatic heterocycles. The van der Waals surface area contributed by atoms with Gasteiger partial charge in [-0.3, -0.25) is 0 Å². The van der Waals surface area contributed by atoms with Gasteiger partial charge in [0.15, 0.2) is 0 Å². The number of para-hydroxylation sites is 2. The summed E-state index contributed by atoms with van der Waals surface area (Å²) in [6.45, 7) is 0. The van der Waals surface area contributed by atoms with Gasteiger partial charge in [-0.05, 0) is 41.5 Å². The van der Waals surface area contributed by atoms with Crippen LogP contribution in [0.4, 0.5) is 49.1 Å². The van der Waals surface area contributed by atoms with Gasteiger partial charge in [0.2, 0.25) is 0 Å². The van der Waals surface area contributed by atoms with Crippen LogP contribution in [0.3, 0.4) is 0 Å².